The summed E-state index contributed by atoms with van der Waals surface area (Å²) in [5.41, 5.74) is 0.945. The van der Waals surface area contributed by atoms with Gasteiger partial charge in [0, 0.05) is 33.1 Å². The van der Waals surface area contributed by atoms with Gasteiger partial charge in [0.15, 0.2) is 5.82 Å². The maximum atomic E-state index is 14.8. The average Bonchev–Trinajstić information content (AvgIpc) is 3.36. The van der Waals surface area contributed by atoms with Crippen LogP contribution < -0.4 is 20.0 Å². The SMILES string of the molecule is CC(=O)NCC1CN(c2ccc(N3CCN(c4cnsn4)CC3)c(F)c2)C(=O)O1. The van der Waals surface area contributed by atoms with Crippen molar-refractivity contribution in [3.05, 3.63) is 30.2 Å². The zero-order chi connectivity index (χ0) is 20.4. The molecule has 3 heterocycles. The van der Waals surface area contributed by atoms with Gasteiger partial charge in [-0.05, 0) is 18.2 Å². The van der Waals surface area contributed by atoms with E-state index in [-0.39, 0.29) is 24.8 Å². The summed E-state index contributed by atoms with van der Waals surface area (Å²) in [6.07, 6.45) is 0.740. The molecular formula is C18H21FN6O3S. The number of halogens is 1. The van der Waals surface area contributed by atoms with Crippen molar-refractivity contribution < 1.29 is 18.7 Å². The van der Waals surface area contributed by atoms with E-state index in [1.165, 1.54) is 29.6 Å². The summed E-state index contributed by atoms with van der Waals surface area (Å²) in [6.45, 7) is 4.69. The van der Waals surface area contributed by atoms with Gasteiger partial charge in [0.2, 0.25) is 5.91 Å². The number of amides is 2. The lowest BCUT2D eigenvalue weighted by atomic mass is 10.2. The molecule has 0 bridgehead atoms. The second-order valence-corrected chi connectivity index (χ2v) is 7.49. The lowest BCUT2D eigenvalue weighted by Crippen LogP contribution is -2.47. The maximum absolute atomic E-state index is 14.8. The van der Waals surface area contributed by atoms with E-state index in [1.807, 2.05) is 4.90 Å². The number of nitrogens with zero attached hydrogens (tertiary/aromatic N) is 5. The van der Waals surface area contributed by atoms with Gasteiger partial charge in [-0.2, -0.15) is 8.75 Å². The van der Waals surface area contributed by atoms with Crippen molar-refractivity contribution in [3.63, 3.8) is 0 Å². The summed E-state index contributed by atoms with van der Waals surface area (Å²) in [5.74, 6) is 0.275. The van der Waals surface area contributed by atoms with Crippen LogP contribution in [0.15, 0.2) is 24.4 Å². The Kier molecular flexibility index (Phi) is 5.47. The number of anilines is 3. The number of carbonyl (C=O) groups is 2. The van der Waals surface area contributed by atoms with E-state index in [1.54, 1.807) is 18.3 Å². The molecule has 1 N–H and O–H groups in total. The van der Waals surface area contributed by atoms with Crippen molar-refractivity contribution >= 4 is 40.9 Å². The average molecular weight is 420 g/mol. The Labute approximate surface area is 171 Å². The first-order chi connectivity index (χ1) is 14.0. The van der Waals surface area contributed by atoms with E-state index in [9.17, 15) is 14.0 Å². The van der Waals surface area contributed by atoms with E-state index >= 15 is 0 Å². The molecule has 0 saturated carbocycles. The molecule has 2 amide bonds. The predicted octanol–water partition coefficient (Wildman–Crippen LogP) is 1.47. The molecule has 2 aromatic rings. The summed E-state index contributed by atoms with van der Waals surface area (Å²) >= 11 is 1.17. The molecule has 29 heavy (non-hydrogen) atoms. The maximum Gasteiger partial charge on any atom is 0.414 e. The molecule has 1 atom stereocenters. The molecule has 0 aliphatic carbocycles. The van der Waals surface area contributed by atoms with Gasteiger partial charge < -0.3 is 19.9 Å². The van der Waals surface area contributed by atoms with E-state index in [0.717, 1.165) is 18.9 Å². The molecule has 1 unspecified atom stereocenters. The van der Waals surface area contributed by atoms with Crippen LogP contribution in [0.3, 0.4) is 0 Å². The minimum Gasteiger partial charge on any atom is -0.442 e. The van der Waals surface area contributed by atoms with Crippen LogP contribution in [0.5, 0.6) is 0 Å². The van der Waals surface area contributed by atoms with E-state index in [2.05, 4.69) is 19.0 Å². The van der Waals surface area contributed by atoms with Gasteiger partial charge in [-0.15, -0.1) is 0 Å². The fraction of sp³-hybridized carbons (Fsp3) is 0.444. The highest BCUT2D eigenvalue weighted by molar-refractivity contribution is 6.99. The Bertz CT molecular complexity index is 888. The Hall–Kier alpha value is -2.95. The molecule has 4 rings (SSSR count). The quantitative estimate of drug-likeness (QED) is 0.783. The minimum absolute atomic E-state index is 0.193. The molecule has 2 fully saturated rings. The van der Waals surface area contributed by atoms with Crippen molar-refractivity contribution in [2.24, 2.45) is 0 Å². The zero-order valence-electron chi connectivity index (χ0n) is 15.9. The van der Waals surface area contributed by atoms with Crippen molar-refractivity contribution in [2.45, 2.75) is 13.0 Å². The third-order valence-electron chi connectivity index (χ3n) is 4.99. The van der Waals surface area contributed by atoms with E-state index in [4.69, 9.17) is 4.74 Å². The molecule has 1 aromatic heterocycles. The standard InChI is InChI=1S/C18H21FN6O3S/c1-12(26)20-9-14-11-25(18(27)28-14)13-2-3-16(15(19)8-13)23-4-6-24(7-5-23)17-10-21-29-22-17/h2-3,8,10,14H,4-7,9,11H2,1H3,(H,20,26). The van der Waals surface area contributed by atoms with Gasteiger partial charge in [0.25, 0.3) is 0 Å². The molecule has 11 heteroatoms. The zero-order valence-corrected chi connectivity index (χ0v) is 16.7. The monoisotopic (exact) mass is 420 g/mol. The third kappa shape index (κ3) is 4.24. The molecule has 154 valence electrons. The van der Waals surface area contributed by atoms with Gasteiger partial charge in [-0.1, -0.05) is 0 Å². The van der Waals surface area contributed by atoms with Crippen molar-refractivity contribution in [2.75, 3.05) is 54.0 Å². The summed E-state index contributed by atoms with van der Waals surface area (Å²) in [5, 5.41) is 2.62. The lowest BCUT2D eigenvalue weighted by Gasteiger charge is -2.36. The Morgan fingerprint density at radius 2 is 2.07 bits per heavy atom. The number of hydrogen-bond acceptors (Lipinski definition) is 8. The summed E-state index contributed by atoms with van der Waals surface area (Å²) in [4.78, 5) is 28.6. The van der Waals surface area contributed by atoms with Crippen LogP contribution in [-0.4, -0.2) is 66.1 Å². The van der Waals surface area contributed by atoms with Crippen LogP contribution in [0.25, 0.3) is 0 Å². The highest BCUT2D eigenvalue weighted by atomic mass is 32.1. The Morgan fingerprint density at radius 3 is 2.72 bits per heavy atom. The molecule has 0 spiro atoms. The molecule has 0 radical (unpaired) electrons. The van der Waals surface area contributed by atoms with Gasteiger partial charge in [0.1, 0.15) is 11.9 Å². The molecule has 9 nitrogen and oxygen atoms in total. The van der Waals surface area contributed by atoms with Crippen LogP contribution in [0.2, 0.25) is 0 Å². The second kappa shape index (κ2) is 8.19. The number of carbonyl (C=O) groups excluding carboxylic acids is 2. The topological polar surface area (TPSA) is 90.9 Å². The number of nitrogens with one attached hydrogen (secondary N) is 1. The normalized spacial score (nSPS) is 19.4. The van der Waals surface area contributed by atoms with Crippen LogP contribution in [0.1, 0.15) is 6.92 Å². The van der Waals surface area contributed by atoms with Crippen LogP contribution in [0.4, 0.5) is 26.4 Å². The third-order valence-corrected chi connectivity index (χ3v) is 5.46. The van der Waals surface area contributed by atoms with Crippen LogP contribution in [-0.2, 0) is 9.53 Å². The second-order valence-electron chi connectivity index (χ2n) is 6.93. The highest BCUT2D eigenvalue weighted by Gasteiger charge is 2.33. The lowest BCUT2D eigenvalue weighted by molar-refractivity contribution is -0.119. The first kappa shape index (κ1) is 19.4. The molecular weight excluding hydrogens is 399 g/mol. The first-order valence-corrected chi connectivity index (χ1v) is 10.0. The fourth-order valence-corrected chi connectivity index (χ4v) is 3.93. The van der Waals surface area contributed by atoms with Gasteiger partial charge >= 0.3 is 6.09 Å². The highest BCUT2D eigenvalue weighted by Crippen LogP contribution is 2.29. The number of aromatic nitrogens is 2. The van der Waals surface area contributed by atoms with Gasteiger partial charge in [0.05, 0.1) is 42.4 Å². The Morgan fingerprint density at radius 1 is 1.31 bits per heavy atom. The number of piperazine rings is 1. The molecule has 2 saturated heterocycles. The number of rotatable bonds is 5. The minimum atomic E-state index is -0.544. The fourth-order valence-electron chi connectivity index (χ4n) is 3.49. The van der Waals surface area contributed by atoms with E-state index in [0.29, 0.717) is 24.5 Å². The van der Waals surface area contributed by atoms with Gasteiger partial charge in [-0.3, -0.25) is 9.69 Å². The number of hydrogen-bond donors (Lipinski definition) is 1. The summed E-state index contributed by atoms with van der Waals surface area (Å²) in [6, 6.07) is 4.77. The smallest absolute Gasteiger partial charge is 0.414 e. The van der Waals surface area contributed by atoms with Crippen LogP contribution in [0, 0.1) is 5.82 Å². The largest absolute Gasteiger partial charge is 0.442 e. The van der Waals surface area contributed by atoms with Crippen LogP contribution >= 0.6 is 11.7 Å². The van der Waals surface area contributed by atoms with E-state index < -0.39 is 12.2 Å². The first-order valence-electron chi connectivity index (χ1n) is 9.31. The summed E-state index contributed by atoms with van der Waals surface area (Å²) in [7, 11) is 0. The molecule has 2 aliphatic rings. The number of benzene rings is 1. The van der Waals surface area contributed by atoms with Crippen molar-refractivity contribution in [3.8, 4) is 0 Å². The van der Waals surface area contributed by atoms with Crippen molar-refractivity contribution in [1.29, 1.82) is 0 Å². The van der Waals surface area contributed by atoms with Gasteiger partial charge in [-0.25, -0.2) is 9.18 Å². The summed E-state index contributed by atoms with van der Waals surface area (Å²) < 4.78 is 28.3. The number of ether oxygens (including phenoxy) is 1. The number of cyclic esters (lactones) is 1. The van der Waals surface area contributed by atoms with Crippen molar-refractivity contribution in [1.82, 2.24) is 14.1 Å². The predicted molar refractivity (Wildman–Crippen MR) is 107 cm³/mol. The Balaban J connectivity index is 1.39. The molecule has 2 aliphatic heterocycles. The molecule has 1 aromatic carbocycles.